The van der Waals surface area contributed by atoms with Gasteiger partial charge < -0.3 is 5.32 Å². The molecule has 5 aromatic rings. The van der Waals surface area contributed by atoms with Crippen molar-refractivity contribution in [3.05, 3.63) is 161 Å². The largest absolute Gasteiger partial charge is 0.355 e. The van der Waals surface area contributed by atoms with E-state index in [-0.39, 0.29) is 5.41 Å². The lowest BCUT2D eigenvalue weighted by Crippen LogP contribution is -2.27. The minimum atomic E-state index is -0.225. The zero-order chi connectivity index (χ0) is 25.1. The molecule has 3 aliphatic rings. The molecular formula is C37H27N. The van der Waals surface area contributed by atoms with Gasteiger partial charge in [0.25, 0.3) is 0 Å². The maximum Gasteiger partial charge on any atom is 0.0689 e. The number of anilines is 2. The monoisotopic (exact) mass is 485 g/mol. The summed E-state index contributed by atoms with van der Waals surface area (Å²) in [7, 11) is 0. The number of allylic oxidation sites excluding steroid dienone is 4. The normalized spacial score (nSPS) is 15.7. The van der Waals surface area contributed by atoms with Gasteiger partial charge in [-0.3, -0.25) is 0 Å². The van der Waals surface area contributed by atoms with E-state index in [4.69, 9.17) is 0 Å². The fourth-order valence-corrected chi connectivity index (χ4v) is 7.09. The van der Waals surface area contributed by atoms with Gasteiger partial charge in [0.2, 0.25) is 0 Å². The van der Waals surface area contributed by atoms with Crippen LogP contribution in [0.3, 0.4) is 0 Å². The highest BCUT2D eigenvalue weighted by Gasteiger charge is 2.52. The van der Waals surface area contributed by atoms with Crippen LogP contribution in [0.4, 0.5) is 11.4 Å². The SMILES string of the molecule is C1=CC2=C(CC1)C1(c3ccccc3-c3ccccc31)c1cccc(Nc3ccc(-c4ccccc4)cc3)c12. The van der Waals surface area contributed by atoms with Crippen LogP contribution >= 0.6 is 0 Å². The molecule has 0 radical (unpaired) electrons. The fraction of sp³-hybridized carbons (Fsp3) is 0.0811. The zero-order valence-electron chi connectivity index (χ0n) is 21.1. The molecule has 0 heterocycles. The first-order chi connectivity index (χ1) is 18.9. The summed E-state index contributed by atoms with van der Waals surface area (Å²) in [5, 5.41) is 3.80. The van der Waals surface area contributed by atoms with Crippen molar-refractivity contribution in [3.8, 4) is 22.3 Å². The van der Waals surface area contributed by atoms with E-state index in [2.05, 4.69) is 139 Å². The Hall–Kier alpha value is -4.62. The first-order valence-corrected chi connectivity index (χ1v) is 13.5. The molecule has 0 aliphatic heterocycles. The van der Waals surface area contributed by atoms with E-state index in [1.165, 1.54) is 55.8 Å². The van der Waals surface area contributed by atoms with Crippen molar-refractivity contribution >= 4 is 16.9 Å². The summed E-state index contributed by atoms with van der Waals surface area (Å²) in [6.45, 7) is 0. The van der Waals surface area contributed by atoms with Gasteiger partial charge in [-0.15, -0.1) is 0 Å². The maximum atomic E-state index is 3.80. The molecule has 1 N–H and O–H groups in total. The van der Waals surface area contributed by atoms with Crippen molar-refractivity contribution < 1.29 is 0 Å². The van der Waals surface area contributed by atoms with Crippen molar-refractivity contribution in [2.24, 2.45) is 0 Å². The van der Waals surface area contributed by atoms with Gasteiger partial charge in [-0.25, -0.2) is 0 Å². The first-order valence-electron chi connectivity index (χ1n) is 13.5. The minimum Gasteiger partial charge on any atom is -0.355 e. The van der Waals surface area contributed by atoms with Gasteiger partial charge >= 0.3 is 0 Å². The number of hydrogen-bond acceptors (Lipinski definition) is 1. The van der Waals surface area contributed by atoms with Crippen LogP contribution in [0.2, 0.25) is 0 Å². The second-order valence-electron chi connectivity index (χ2n) is 10.5. The lowest BCUT2D eigenvalue weighted by atomic mass is 9.68. The minimum absolute atomic E-state index is 0.225. The Morgan fingerprint density at radius 3 is 1.92 bits per heavy atom. The van der Waals surface area contributed by atoms with E-state index >= 15 is 0 Å². The zero-order valence-corrected chi connectivity index (χ0v) is 21.1. The summed E-state index contributed by atoms with van der Waals surface area (Å²) in [6, 6.07) is 44.3. The Bertz CT molecular complexity index is 1720. The van der Waals surface area contributed by atoms with E-state index in [1.807, 2.05) is 0 Å². The molecule has 8 rings (SSSR count). The number of benzene rings is 5. The molecule has 1 spiro atoms. The predicted octanol–water partition coefficient (Wildman–Crippen LogP) is 9.53. The average Bonchev–Trinajstić information content (AvgIpc) is 3.46. The Balaban J connectivity index is 1.31. The van der Waals surface area contributed by atoms with Crippen LogP contribution in [-0.2, 0) is 5.41 Å². The van der Waals surface area contributed by atoms with Crippen LogP contribution in [0.25, 0.3) is 27.8 Å². The van der Waals surface area contributed by atoms with Crippen molar-refractivity contribution in [1.82, 2.24) is 0 Å². The molecule has 0 saturated heterocycles. The molecule has 0 bridgehead atoms. The number of hydrogen-bond donors (Lipinski definition) is 1. The van der Waals surface area contributed by atoms with Crippen molar-refractivity contribution in [1.29, 1.82) is 0 Å². The van der Waals surface area contributed by atoms with Gasteiger partial charge in [-0.05, 0) is 81.1 Å². The Kier molecular flexibility index (Phi) is 4.63. The molecule has 3 aliphatic carbocycles. The third-order valence-electron chi connectivity index (χ3n) is 8.58. The van der Waals surface area contributed by atoms with Crippen LogP contribution in [0.1, 0.15) is 35.1 Å². The summed E-state index contributed by atoms with van der Waals surface area (Å²) in [6.07, 6.45) is 6.89. The first kappa shape index (κ1) is 21.5. The van der Waals surface area contributed by atoms with Crippen molar-refractivity contribution in [2.45, 2.75) is 18.3 Å². The van der Waals surface area contributed by atoms with Gasteiger partial charge in [-0.2, -0.15) is 0 Å². The Morgan fingerprint density at radius 1 is 0.553 bits per heavy atom. The van der Waals surface area contributed by atoms with E-state index in [9.17, 15) is 0 Å². The molecule has 180 valence electrons. The molecule has 5 aromatic carbocycles. The van der Waals surface area contributed by atoms with E-state index in [0.29, 0.717) is 0 Å². The highest BCUT2D eigenvalue weighted by molar-refractivity contribution is 6.00. The molecule has 1 nitrogen and oxygen atoms in total. The summed E-state index contributed by atoms with van der Waals surface area (Å²) in [5.41, 5.74) is 15.8. The number of rotatable bonds is 3. The maximum absolute atomic E-state index is 3.80. The molecule has 0 unspecified atom stereocenters. The van der Waals surface area contributed by atoms with E-state index in [1.54, 1.807) is 5.57 Å². The van der Waals surface area contributed by atoms with E-state index < -0.39 is 0 Å². The lowest BCUT2D eigenvalue weighted by molar-refractivity contribution is 0.714. The van der Waals surface area contributed by atoms with Crippen LogP contribution in [0.15, 0.2) is 139 Å². The third-order valence-corrected chi connectivity index (χ3v) is 8.58. The average molecular weight is 486 g/mol. The molecule has 0 saturated carbocycles. The molecule has 0 amide bonds. The van der Waals surface area contributed by atoms with Gasteiger partial charge in [0, 0.05) is 16.9 Å². The molecule has 38 heavy (non-hydrogen) atoms. The van der Waals surface area contributed by atoms with Gasteiger partial charge in [0.15, 0.2) is 0 Å². The van der Waals surface area contributed by atoms with Crippen LogP contribution in [-0.4, -0.2) is 0 Å². The second kappa shape index (κ2) is 8.19. The Morgan fingerprint density at radius 2 is 1.18 bits per heavy atom. The second-order valence-corrected chi connectivity index (χ2v) is 10.5. The van der Waals surface area contributed by atoms with Crippen molar-refractivity contribution in [2.75, 3.05) is 5.32 Å². The molecule has 1 heteroatoms. The van der Waals surface area contributed by atoms with Gasteiger partial charge in [0.1, 0.15) is 0 Å². The van der Waals surface area contributed by atoms with Crippen LogP contribution in [0, 0.1) is 0 Å². The fourth-order valence-electron chi connectivity index (χ4n) is 7.09. The quantitative estimate of drug-likeness (QED) is 0.268. The summed E-state index contributed by atoms with van der Waals surface area (Å²) in [4.78, 5) is 0. The molecule has 0 aromatic heterocycles. The van der Waals surface area contributed by atoms with Gasteiger partial charge in [0.05, 0.1) is 5.41 Å². The van der Waals surface area contributed by atoms with Gasteiger partial charge in [-0.1, -0.05) is 115 Å². The Labute approximate surface area is 223 Å². The predicted molar refractivity (Wildman–Crippen MR) is 159 cm³/mol. The van der Waals surface area contributed by atoms with Crippen LogP contribution in [0.5, 0.6) is 0 Å². The molecule has 0 fully saturated rings. The standard InChI is InChI=1S/C37H27N/c1-2-11-25(12-3-1)26-21-23-27(24-22-26)38-35-20-10-19-34-36(35)30-15-6-9-18-33(30)37(34)31-16-7-4-13-28(31)29-14-5-8-17-32(29)37/h1-8,10-17,19-24,38H,9,18H2. The summed E-state index contributed by atoms with van der Waals surface area (Å²) >= 11 is 0. The lowest BCUT2D eigenvalue weighted by Gasteiger charge is -2.33. The third kappa shape index (κ3) is 2.87. The highest BCUT2D eigenvalue weighted by atomic mass is 14.9. The van der Waals surface area contributed by atoms with Crippen molar-refractivity contribution in [3.63, 3.8) is 0 Å². The van der Waals surface area contributed by atoms with Crippen LogP contribution < -0.4 is 5.32 Å². The molecular weight excluding hydrogens is 458 g/mol. The molecule has 0 atom stereocenters. The summed E-state index contributed by atoms with van der Waals surface area (Å²) in [5.74, 6) is 0. The number of nitrogens with one attached hydrogen (secondary N) is 1. The summed E-state index contributed by atoms with van der Waals surface area (Å²) < 4.78 is 0. The van der Waals surface area contributed by atoms with E-state index in [0.717, 1.165) is 18.5 Å². The topological polar surface area (TPSA) is 12.0 Å². The highest BCUT2D eigenvalue weighted by Crippen LogP contribution is 2.64. The number of fused-ring (bicyclic) bond motifs is 9. The smallest absolute Gasteiger partial charge is 0.0689 e.